The van der Waals surface area contributed by atoms with Crippen molar-refractivity contribution < 1.29 is 18.0 Å². The second-order valence-corrected chi connectivity index (χ2v) is 8.40. The van der Waals surface area contributed by atoms with E-state index in [0.29, 0.717) is 11.3 Å². The number of hydrogen-bond donors (Lipinski definition) is 1. The van der Waals surface area contributed by atoms with Crippen molar-refractivity contribution in [3.8, 4) is 16.9 Å². The molecule has 0 spiro atoms. The van der Waals surface area contributed by atoms with Crippen LogP contribution >= 0.6 is 15.9 Å². The summed E-state index contributed by atoms with van der Waals surface area (Å²) in [4.78, 5) is 29.7. The highest BCUT2D eigenvalue weighted by Gasteiger charge is 2.28. The molecule has 0 saturated carbocycles. The monoisotopic (exact) mass is 547 g/mol. The Morgan fingerprint density at radius 3 is 2.51 bits per heavy atom. The van der Waals surface area contributed by atoms with Gasteiger partial charge in [0.1, 0.15) is 5.82 Å². The minimum absolute atomic E-state index is 0.0241. The van der Waals surface area contributed by atoms with Gasteiger partial charge in [0, 0.05) is 30.3 Å². The molecule has 1 atom stereocenters. The lowest BCUT2D eigenvalue weighted by atomic mass is 9.90. The van der Waals surface area contributed by atoms with Gasteiger partial charge in [0.05, 0.1) is 33.8 Å². The highest BCUT2D eigenvalue weighted by Crippen LogP contribution is 2.35. The third kappa shape index (κ3) is 4.34. The fourth-order valence-electron chi connectivity index (χ4n) is 3.73. The van der Waals surface area contributed by atoms with Crippen molar-refractivity contribution in [3.63, 3.8) is 0 Å². The summed E-state index contributed by atoms with van der Waals surface area (Å²) in [5, 5.41) is 11.8. The Morgan fingerprint density at radius 1 is 1.17 bits per heavy atom. The smallest absolute Gasteiger partial charge is 0.286 e. The van der Waals surface area contributed by atoms with Crippen molar-refractivity contribution in [3.05, 3.63) is 85.9 Å². The number of hydrogen-bond acceptors (Lipinski definition) is 6. The van der Waals surface area contributed by atoms with Gasteiger partial charge in [-0.2, -0.15) is 9.78 Å². The number of aromatic nitrogens is 6. The molecule has 0 fully saturated rings. The van der Waals surface area contributed by atoms with Crippen molar-refractivity contribution >= 4 is 21.8 Å². The van der Waals surface area contributed by atoms with Crippen LogP contribution < -0.4 is 11.3 Å². The summed E-state index contributed by atoms with van der Waals surface area (Å²) >= 11 is 3.19. The molecule has 4 rings (SSSR count). The maximum Gasteiger partial charge on any atom is 0.286 e. The Balaban J connectivity index is 1.89. The number of aryl methyl sites for hydroxylation is 1. The van der Waals surface area contributed by atoms with E-state index in [9.17, 15) is 22.8 Å². The lowest BCUT2D eigenvalue weighted by Crippen LogP contribution is -2.30. The van der Waals surface area contributed by atoms with Crippen molar-refractivity contribution in [2.24, 2.45) is 12.8 Å². The summed E-state index contributed by atoms with van der Waals surface area (Å²) in [6.07, 6.45) is 1.36. The first-order valence-electron chi connectivity index (χ1n) is 10.1. The zero-order valence-corrected chi connectivity index (χ0v) is 19.9. The van der Waals surface area contributed by atoms with Gasteiger partial charge < -0.3 is 5.73 Å². The van der Waals surface area contributed by atoms with Crippen molar-refractivity contribution in [2.45, 2.75) is 19.3 Å². The van der Waals surface area contributed by atoms with Crippen LogP contribution in [0.1, 0.15) is 46.4 Å². The van der Waals surface area contributed by atoms with Crippen LogP contribution in [0, 0.1) is 5.82 Å². The number of rotatable bonds is 6. The number of carbonyl (C=O) groups is 1. The third-order valence-corrected chi connectivity index (χ3v) is 6.24. The Labute approximate surface area is 204 Å². The normalized spacial score (nSPS) is 12.2. The van der Waals surface area contributed by atoms with E-state index in [-0.39, 0.29) is 27.0 Å². The average Bonchev–Trinajstić information content (AvgIpc) is 3.26. The number of primary amides is 1. The quantitative estimate of drug-likeness (QED) is 0.394. The highest BCUT2D eigenvalue weighted by atomic mass is 79.9. The van der Waals surface area contributed by atoms with Crippen molar-refractivity contribution in [2.75, 3.05) is 0 Å². The third-order valence-electron chi connectivity index (χ3n) is 5.48. The number of halogens is 4. The van der Waals surface area contributed by atoms with Gasteiger partial charge in [0.15, 0.2) is 5.69 Å². The van der Waals surface area contributed by atoms with Crippen molar-refractivity contribution in [1.82, 2.24) is 29.8 Å². The Hall–Kier alpha value is -3.87. The van der Waals surface area contributed by atoms with Crippen LogP contribution in [0.3, 0.4) is 0 Å². The van der Waals surface area contributed by atoms with E-state index in [1.54, 1.807) is 13.1 Å². The molecule has 1 amide bonds. The first-order valence-corrected chi connectivity index (χ1v) is 10.9. The predicted octanol–water partition coefficient (Wildman–Crippen LogP) is 3.51. The maximum absolute atomic E-state index is 14.8. The Bertz CT molecular complexity index is 1500. The molecule has 35 heavy (non-hydrogen) atoms. The molecule has 0 bridgehead atoms. The summed E-state index contributed by atoms with van der Waals surface area (Å²) in [6, 6.07) is 5.12. The molecular formula is C22H17BrF3N7O2. The minimum Gasteiger partial charge on any atom is -0.364 e. The molecule has 0 aliphatic rings. The number of nitrogens with two attached hydrogens (primary N) is 1. The highest BCUT2D eigenvalue weighted by molar-refractivity contribution is 9.10. The molecule has 9 nitrogen and oxygen atoms in total. The van der Waals surface area contributed by atoms with Gasteiger partial charge in [-0.3, -0.25) is 14.6 Å². The van der Waals surface area contributed by atoms with E-state index < -0.39 is 35.2 Å². The van der Waals surface area contributed by atoms with E-state index in [1.807, 2.05) is 0 Å². The fraction of sp³-hybridized carbons (Fsp3) is 0.182. The van der Waals surface area contributed by atoms with Gasteiger partial charge >= 0.3 is 0 Å². The van der Waals surface area contributed by atoms with Crippen LogP contribution in [0.15, 0.2) is 52.1 Å². The second-order valence-electron chi connectivity index (χ2n) is 7.60. The first kappa shape index (κ1) is 24.3. The van der Waals surface area contributed by atoms with Gasteiger partial charge in [-0.1, -0.05) is 30.3 Å². The molecule has 1 aromatic carbocycles. The van der Waals surface area contributed by atoms with Crippen LogP contribution in [-0.4, -0.2) is 35.7 Å². The van der Waals surface area contributed by atoms with Gasteiger partial charge in [-0.05, 0) is 27.6 Å². The second kappa shape index (κ2) is 9.41. The first-order chi connectivity index (χ1) is 16.6. The van der Waals surface area contributed by atoms with Gasteiger partial charge in [0.2, 0.25) is 0 Å². The molecule has 0 radical (unpaired) electrons. The zero-order chi connectivity index (χ0) is 25.4. The van der Waals surface area contributed by atoms with Crippen LogP contribution in [0.25, 0.3) is 16.9 Å². The number of pyridine rings is 1. The van der Waals surface area contributed by atoms with E-state index >= 15 is 0 Å². The molecule has 3 heterocycles. The standard InChI is InChI=1S/C22H17BrF3N7O2/c1-10(13-4-3-5-14(18(13)24)20(25)26)16-17(23)22(35)33(30-19(16)21(27)34)12-6-11(7-28-8-12)15-9-29-31-32(15)2/h3-10,20H,1-2H3,(H2,27,34)/t10-/m1/s1. The van der Waals surface area contributed by atoms with Crippen LogP contribution in [-0.2, 0) is 7.05 Å². The van der Waals surface area contributed by atoms with E-state index in [4.69, 9.17) is 5.73 Å². The molecule has 0 aliphatic carbocycles. The van der Waals surface area contributed by atoms with E-state index in [2.05, 4.69) is 36.3 Å². The van der Waals surface area contributed by atoms with Crippen molar-refractivity contribution in [1.29, 1.82) is 0 Å². The Kier molecular flexibility index (Phi) is 6.52. The van der Waals surface area contributed by atoms with Crippen LogP contribution in [0.2, 0.25) is 0 Å². The number of amides is 1. The summed E-state index contributed by atoms with van der Waals surface area (Å²) < 4.78 is 43.6. The topological polar surface area (TPSA) is 122 Å². The fourth-order valence-corrected chi connectivity index (χ4v) is 4.42. The van der Waals surface area contributed by atoms with Gasteiger partial charge in [-0.15, -0.1) is 5.10 Å². The molecule has 4 aromatic rings. The molecule has 0 unspecified atom stereocenters. The molecule has 180 valence electrons. The summed E-state index contributed by atoms with van der Waals surface area (Å²) in [5.41, 5.74) is 4.97. The van der Waals surface area contributed by atoms with E-state index in [1.165, 1.54) is 42.3 Å². The largest absolute Gasteiger partial charge is 0.364 e. The average molecular weight is 548 g/mol. The number of carbonyl (C=O) groups excluding carboxylic acids is 1. The predicted molar refractivity (Wildman–Crippen MR) is 123 cm³/mol. The van der Waals surface area contributed by atoms with Gasteiger partial charge in [-0.25, -0.2) is 17.9 Å². The minimum atomic E-state index is -3.04. The number of benzene rings is 1. The van der Waals surface area contributed by atoms with Gasteiger partial charge in [0.25, 0.3) is 17.9 Å². The summed E-state index contributed by atoms with van der Waals surface area (Å²) in [6.45, 7) is 1.46. The maximum atomic E-state index is 14.8. The molecule has 2 N–H and O–H groups in total. The molecule has 0 saturated heterocycles. The van der Waals surface area contributed by atoms with E-state index in [0.717, 1.165) is 10.7 Å². The Morgan fingerprint density at radius 2 is 1.89 bits per heavy atom. The number of alkyl halides is 2. The summed E-state index contributed by atoms with van der Waals surface area (Å²) in [7, 11) is 1.68. The number of nitrogens with zero attached hydrogens (tertiary/aromatic N) is 6. The molecule has 0 aliphatic heterocycles. The summed E-state index contributed by atoms with van der Waals surface area (Å²) in [5.74, 6) is -3.14. The van der Waals surface area contributed by atoms with Crippen LogP contribution in [0.4, 0.5) is 13.2 Å². The molecular weight excluding hydrogens is 531 g/mol. The lowest BCUT2D eigenvalue weighted by molar-refractivity contribution is 0.0992. The zero-order valence-electron chi connectivity index (χ0n) is 18.3. The SMILES string of the molecule is C[C@H](c1cccc(C(F)F)c1F)c1c(C(N)=O)nn(-c2cncc(-c3cnnn3C)c2)c(=O)c1Br. The molecule has 3 aromatic heterocycles. The lowest BCUT2D eigenvalue weighted by Gasteiger charge is -2.19. The molecule has 13 heteroatoms. The van der Waals surface area contributed by atoms with Crippen LogP contribution in [0.5, 0.6) is 0 Å².